The Morgan fingerprint density at radius 2 is 1.86 bits per heavy atom. The van der Waals surface area contributed by atoms with Crippen molar-refractivity contribution in [2.75, 3.05) is 0 Å². The third-order valence-electron chi connectivity index (χ3n) is 1.92. The van der Waals surface area contributed by atoms with Gasteiger partial charge in [0.2, 0.25) is 0 Å². The third-order valence-corrected chi connectivity index (χ3v) is 1.92. The number of benzene rings is 1. The van der Waals surface area contributed by atoms with E-state index >= 15 is 0 Å². The second kappa shape index (κ2) is 4.61. The van der Waals surface area contributed by atoms with Gasteiger partial charge in [-0.25, -0.2) is 0 Å². The summed E-state index contributed by atoms with van der Waals surface area (Å²) >= 11 is 0. The summed E-state index contributed by atoms with van der Waals surface area (Å²) in [5.41, 5.74) is 0.668. The largest absolute Gasteiger partial charge is 0.507 e. The van der Waals surface area contributed by atoms with Crippen molar-refractivity contribution in [1.29, 1.82) is 0 Å². The van der Waals surface area contributed by atoms with E-state index in [0.717, 1.165) is 0 Å². The topological polar surface area (TPSA) is 37.3 Å². The average molecular weight is 190 g/mol. The molecule has 0 atom stereocenters. The molecule has 1 rings (SSSR count). The fraction of sp³-hybridized carbons (Fsp3) is 0.250. The van der Waals surface area contributed by atoms with Gasteiger partial charge in [-0.3, -0.25) is 4.79 Å². The number of aliphatic hydroxyl groups is 1. The van der Waals surface area contributed by atoms with Crippen molar-refractivity contribution in [3.05, 3.63) is 42.0 Å². The Balaban J connectivity index is 2.85. The molecule has 0 saturated heterocycles. The lowest BCUT2D eigenvalue weighted by atomic mass is 10.1. The summed E-state index contributed by atoms with van der Waals surface area (Å²) in [6.07, 6.45) is 1.28. The van der Waals surface area contributed by atoms with Crippen molar-refractivity contribution in [1.82, 2.24) is 0 Å². The van der Waals surface area contributed by atoms with E-state index in [1.165, 1.54) is 6.08 Å². The lowest BCUT2D eigenvalue weighted by molar-refractivity contribution is -0.117. The molecule has 0 aromatic heterocycles. The van der Waals surface area contributed by atoms with E-state index in [9.17, 15) is 9.90 Å². The van der Waals surface area contributed by atoms with E-state index in [1.54, 1.807) is 26.0 Å². The number of aliphatic hydroxyl groups excluding tert-OH is 1. The molecule has 1 aromatic rings. The molecule has 0 unspecified atom stereocenters. The highest BCUT2D eigenvalue weighted by Crippen LogP contribution is 2.11. The smallest absolute Gasteiger partial charge is 0.161 e. The summed E-state index contributed by atoms with van der Waals surface area (Å²) in [4.78, 5) is 11.3. The van der Waals surface area contributed by atoms with Crippen molar-refractivity contribution in [3.63, 3.8) is 0 Å². The summed E-state index contributed by atoms with van der Waals surface area (Å²) in [7, 11) is 0. The average Bonchev–Trinajstić information content (AvgIpc) is 2.19. The third kappa shape index (κ3) is 2.73. The minimum Gasteiger partial charge on any atom is -0.507 e. The molecule has 0 bridgehead atoms. The molecule has 0 spiro atoms. The van der Waals surface area contributed by atoms with Crippen LogP contribution in [0.5, 0.6) is 0 Å². The van der Waals surface area contributed by atoms with Crippen molar-refractivity contribution < 1.29 is 9.90 Å². The Morgan fingerprint density at radius 3 is 2.36 bits per heavy atom. The fourth-order valence-electron chi connectivity index (χ4n) is 0.994. The molecule has 0 radical (unpaired) electrons. The number of carbonyl (C=O) groups excluding carboxylic acids is 1. The van der Waals surface area contributed by atoms with Crippen LogP contribution in [0.4, 0.5) is 0 Å². The number of carbonyl (C=O) groups is 1. The number of rotatable bonds is 3. The maximum Gasteiger partial charge on any atom is 0.161 e. The highest BCUT2D eigenvalue weighted by molar-refractivity contribution is 5.96. The Morgan fingerprint density at radius 1 is 1.29 bits per heavy atom. The van der Waals surface area contributed by atoms with Crippen LogP contribution in [0.3, 0.4) is 0 Å². The van der Waals surface area contributed by atoms with Gasteiger partial charge in [0.25, 0.3) is 0 Å². The highest BCUT2D eigenvalue weighted by Gasteiger charge is 2.06. The van der Waals surface area contributed by atoms with Crippen molar-refractivity contribution in [3.8, 4) is 0 Å². The van der Waals surface area contributed by atoms with E-state index in [-0.39, 0.29) is 17.5 Å². The number of ketones is 1. The summed E-state index contributed by atoms with van der Waals surface area (Å²) < 4.78 is 0. The molecular weight excluding hydrogens is 176 g/mol. The van der Waals surface area contributed by atoms with Gasteiger partial charge in [-0.2, -0.15) is 0 Å². The SMILES string of the molecule is CC(C)C(=O)C=C(O)c1ccccc1. The van der Waals surface area contributed by atoms with E-state index < -0.39 is 0 Å². The van der Waals surface area contributed by atoms with Gasteiger partial charge in [0.05, 0.1) is 0 Å². The van der Waals surface area contributed by atoms with E-state index in [2.05, 4.69) is 0 Å². The molecule has 2 nitrogen and oxygen atoms in total. The Hall–Kier alpha value is -1.57. The quantitative estimate of drug-likeness (QED) is 0.587. The fourth-order valence-corrected chi connectivity index (χ4v) is 0.994. The second-order valence-electron chi connectivity index (χ2n) is 3.45. The summed E-state index contributed by atoms with van der Waals surface area (Å²) in [6, 6.07) is 9.03. The van der Waals surface area contributed by atoms with E-state index in [1.807, 2.05) is 18.2 Å². The van der Waals surface area contributed by atoms with Crippen LogP contribution in [-0.2, 0) is 4.79 Å². The minimum atomic E-state index is -0.0825. The molecular formula is C12H14O2. The molecule has 0 amide bonds. The van der Waals surface area contributed by atoms with Gasteiger partial charge in [-0.15, -0.1) is 0 Å². The van der Waals surface area contributed by atoms with Crippen LogP contribution in [0.1, 0.15) is 19.4 Å². The van der Waals surface area contributed by atoms with Gasteiger partial charge < -0.3 is 5.11 Å². The van der Waals surface area contributed by atoms with Gasteiger partial charge in [-0.1, -0.05) is 44.2 Å². The van der Waals surface area contributed by atoms with Crippen LogP contribution in [0, 0.1) is 5.92 Å². The first-order valence-electron chi connectivity index (χ1n) is 4.61. The number of hydrogen-bond acceptors (Lipinski definition) is 2. The molecule has 0 fully saturated rings. The van der Waals surface area contributed by atoms with Crippen LogP contribution >= 0.6 is 0 Å². The zero-order valence-corrected chi connectivity index (χ0v) is 8.40. The van der Waals surface area contributed by atoms with Crippen LogP contribution in [-0.4, -0.2) is 10.9 Å². The highest BCUT2D eigenvalue weighted by atomic mass is 16.3. The predicted octanol–water partition coefficient (Wildman–Crippen LogP) is 2.81. The summed E-state index contributed by atoms with van der Waals surface area (Å²) in [5, 5.41) is 9.58. The standard InChI is InChI=1S/C12H14O2/c1-9(2)11(13)8-12(14)10-6-4-3-5-7-10/h3-9,14H,1-2H3. The molecule has 2 heteroatoms. The maximum absolute atomic E-state index is 11.3. The van der Waals surface area contributed by atoms with Crippen LogP contribution < -0.4 is 0 Å². The van der Waals surface area contributed by atoms with Gasteiger partial charge in [0.1, 0.15) is 5.76 Å². The Bertz CT molecular complexity index is 337. The minimum absolute atomic E-state index is 0.0318. The van der Waals surface area contributed by atoms with Crippen LogP contribution in [0.2, 0.25) is 0 Å². The normalized spacial score (nSPS) is 11.8. The molecule has 0 aliphatic heterocycles. The maximum atomic E-state index is 11.3. The zero-order chi connectivity index (χ0) is 10.6. The monoisotopic (exact) mass is 190 g/mol. The molecule has 0 aliphatic rings. The van der Waals surface area contributed by atoms with Gasteiger partial charge >= 0.3 is 0 Å². The van der Waals surface area contributed by atoms with Gasteiger partial charge in [0.15, 0.2) is 5.78 Å². The second-order valence-corrected chi connectivity index (χ2v) is 3.45. The summed E-state index contributed by atoms with van der Waals surface area (Å²) in [5.74, 6) is -0.114. The van der Waals surface area contributed by atoms with Crippen molar-refractivity contribution in [2.24, 2.45) is 5.92 Å². The Labute approximate surface area is 83.9 Å². The first kappa shape index (κ1) is 10.5. The molecule has 0 aliphatic carbocycles. The molecule has 0 heterocycles. The van der Waals surface area contributed by atoms with E-state index in [0.29, 0.717) is 5.56 Å². The summed E-state index contributed by atoms with van der Waals surface area (Å²) in [6.45, 7) is 3.61. The van der Waals surface area contributed by atoms with Gasteiger partial charge in [-0.05, 0) is 0 Å². The number of allylic oxidation sites excluding steroid dienone is 1. The first-order valence-corrected chi connectivity index (χ1v) is 4.61. The molecule has 1 aromatic carbocycles. The first-order chi connectivity index (χ1) is 6.61. The lowest BCUT2D eigenvalue weighted by Gasteiger charge is -2.01. The zero-order valence-electron chi connectivity index (χ0n) is 8.40. The van der Waals surface area contributed by atoms with Crippen LogP contribution in [0.25, 0.3) is 5.76 Å². The molecule has 1 N–H and O–H groups in total. The van der Waals surface area contributed by atoms with Crippen molar-refractivity contribution >= 4 is 11.5 Å². The molecule has 14 heavy (non-hydrogen) atoms. The van der Waals surface area contributed by atoms with Crippen LogP contribution in [0.15, 0.2) is 36.4 Å². The predicted molar refractivity (Wildman–Crippen MR) is 56.9 cm³/mol. The molecule has 74 valence electrons. The lowest BCUT2D eigenvalue weighted by Crippen LogP contribution is -2.03. The van der Waals surface area contributed by atoms with E-state index in [4.69, 9.17) is 0 Å². The molecule has 0 saturated carbocycles. The number of hydrogen-bond donors (Lipinski definition) is 1. The van der Waals surface area contributed by atoms with Gasteiger partial charge in [0, 0.05) is 17.6 Å². The Kier molecular flexibility index (Phi) is 3.46. The van der Waals surface area contributed by atoms with Crippen molar-refractivity contribution in [2.45, 2.75) is 13.8 Å².